The van der Waals surface area contributed by atoms with Crippen molar-refractivity contribution in [1.29, 1.82) is 0 Å². The Morgan fingerprint density at radius 3 is 1.40 bits per heavy atom. The molecule has 0 radical (unpaired) electrons. The SMILES string of the molecule is CNc1ccccc1C(=O)C(=O)OC(=O)C(=O)c1ccccc1NC. The van der Waals surface area contributed by atoms with Crippen molar-refractivity contribution >= 4 is 34.9 Å². The average Bonchev–Trinajstić information content (AvgIpc) is 2.66. The van der Waals surface area contributed by atoms with Gasteiger partial charge in [-0.25, -0.2) is 9.59 Å². The van der Waals surface area contributed by atoms with Crippen molar-refractivity contribution in [2.24, 2.45) is 0 Å². The molecular formula is C18H16N2O5. The molecule has 0 heterocycles. The third-order valence-electron chi connectivity index (χ3n) is 3.44. The summed E-state index contributed by atoms with van der Waals surface area (Å²) in [5, 5.41) is 5.52. The molecule has 7 heteroatoms. The molecule has 7 nitrogen and oxygen atoms in total. The largest absolute Gasteiger partial charge is 0.388 e. The summed E-state index contributed by atoms with van der Waals surface area (Å²) in [5.74, 6) is -4.87. The Morgan fingerprint density at radius 1 is 0.680 bits per heavy atom. The first-order valence-electron chi connectivity index (χ1n) is 7.38. The first-order valence-corrected chi connectivity index (χ1v) is 7.38. The molecule has 0 saturated heterocycles. The van der Waals surface area contributed by atoms with Gasteiger partial charge >= 0.3 is 11.9 Å². The Kier molecular flexibility index (Phi) is 5.62. The lowest BCUT2D eigenvalue weighted by molar-refractivity contribution is -0.152. The third-order valence-corrected chi connectivity index (χ3v) is 3.44. The molecule has 128 valence electrons. The van der Waals surface area contributed by atoms with Crippen LogP contribution < -0.4 is 10.6 Å². The number of hydrogen-bond donors (Lipinski definition) is 2. The van der Waals surface area contributed by atoms with Crippen LogP contribution in [0.3, 0.4) is 0 Å². The summed E-state index contributed by atoms with van der Waals surface area (Å²) >= 11 is 0. The minimum atomic E-state index is -1.41. The summed E-state index contributed by atoms with van der Waals surface area (Å²) in [6.07, 6.45) is 0. The number of rotatable bonds is 6. The van der Waals surface area contributed by atoms with Gasteiger partial charge in [0.15, 0.2) is 0 Å². The molecule has 0 bridgehead atoms. The van der Waals surface area contributed by atoms with E-state index in [0.717, 1.165) is 0 Å². The minimum absolute atomic E-state index is 0.0471. The highest BCUT2D eigenvalue weighted by Gasteiger charge is 2.28. The van der Waals surface area contributed by atoms with Crippen LogP contribution in [0.2, 0.25) is 0 Å². The van der Waals surface area contributed by atoms with Gasteiger partial charge in [0.25, 0.3) is 11.6 Å². The number of nitrogens with one attached hydrogen (secondary N) is 2. The number of carbonyl (C=O) groups excluding carboxylic acids is 4. The van der Waals surface area contributed by atoms with E-state index in [4.69, 9.17) is 0 Å². The number of para-hydroxylation sites is 2. The molecule has 0 saturated carbocycles. The fourth-order valence-electron chi connectivity index (χ4n) is 2.20. The van der Waals surface area contributed by atoms with E-state index < -0.39 is 23.5 Å². The van der Waals surface area contributed by atoms with E-state index >= 15 is 0 Å². The molecule has 2 rings (SSSR count). The van der Waals surface area contributed by atoms with Crippen LogP contribution in [0.4, 0.5) is 11.4 Å². The summed E-state index contributed by atoms with van der Waals surface area (Å²) in [6, 6.07) is 12.5. The average molecular weight is 340 g/mol. The van der Waals surface area contributed by atoms with Gasteiger partial charge in [0.05, 0.1) is 11.1 Å². The molecule has 0 aromatic heterocycles. The van der Waals surface area contributed by atoms with E-state index in [1.807, 2.05) is 0 Å². The summed E-state index contributed by atoms with van der Waals surface area (Å²) in [5.41, 5.74) is 0.907. The number of ketones is 2. The number of Topliss-reactive ketones (excluding diaryl/α,β-unsaturated/α-hetero) is 2. The third kappa shape index (κ3) is 3.89. The summed E-state index contributed by atoms with van der Waals surface area (Å²) < 4.78 is 4.45. The van der Waals surface area contributed by atoms with Gasteiger partial charge in [0.1, 0.15) is 0 Å². The molecule has 25 heavy (non-hydrogen) atoms. The Labute approximate surface area is 144 Å². The van der Waals surface area contributed by atoms with E-state index in [1.165, 1.54) is 12.1 Å². The standard InChI is InChI=1S/C18H16N2O5/c1-19-13-9-5-3-7-11(13)15(21)17(23)25-18(24)16(22)12-8-4-6-10-14(12)20-2/h3-10,19-20H,1-2H3. The van der Waals surface area contributed by atoms with Crippen molar-refractivity contribution < 1.29 is 23.9 Å². The van der Waals surface area contributed by atoms with Gasteiger partial charge in [0, 0.05) is 25.5 Å². The quantitative estimate of drug-likeness (QED) is 0.358. The van der Waals surface area contributed by atoms with Gasteiger partial charge in [-0.05, 0) is 24.3 Å². The topological polar surface area (TPSA) is 102 Å². The maximum absolute atomic E-state index is 12.2. The lowest BCUT2D eigenvalue weighted by atomic mass is 10.1. The lowest BCUT2D eigenvalue weighted by Gasteiger charge is -2.08. The van der Waals surface area contributed by atoms with Crippen molar-refractivity contribution in [3.05, 3.63) is 59.7 Å². The molecule has 0 aliphatic heterocycles. The molecule has 0 amide bonds. The van der Waals surface area contributed by atoms with Crippen LogP contribution in [0.5, 0.6) is 0 Å². The van der Waals surface area contributed by atoms with Gasteiger partial charge in [-0.3, -0.25) is 9.59 Å². The molecule has 0 unspecified atom stereocenters. The lowest BCUT2D eigenvalue weighted by Crippen LogP contribution is -2.27. The summed E-state index contributed by atoms with van der Waals surface area (Å²) in [6.45, 7) is 0. The molecule has 2 N–H and O–H groups in total. The van der Waals surface area contributed by atoms with Crippen LogP contribution >= 0.6 is 0 Å². The predicted molar refractivity (Wildman–Crippen MR) is 91.7 cm³/mol. The highest BCUT2D eigenvalue weighted by molar-refractivity contribution is 6.49. The van der Waals surface area contributed by atoms with E-state index in [9.17, 15) is 19.2 Å². The smallest absolute Gasteiger partial charge is 0.387 e. The maximum atomic E-state index is 12.2. The van der Waals surface area contributed by atoms with Crippen LogP contribution in [-0.2, 0) is 14.3 Å². The number of carbonyl (C=O) groups is 4. The first-order chi connectivity index (χ1) is 12.0. The highest BCUT2D eigenvalue weighted by atomic mass is 16.6. The van der Waals surface area contributed by atoms with Crippen molar-refractivity contribution in [3.63, 3.8) is 0 Å². The van der Waals surface area contributed by atoms with Crippen molar-refractivity contribution in [1.82, 2.24) is 0 Å². The van der Waals surface area contributed by atoms with Crippen LogP contribution in [-0.4, -0.2) is 37.6 Å². The van der Waals surface area contributed by atoms with Gasteiger partial charge in [-0.2, -0.15) is 0 Å². The second-order valence-electron chi connectivity index (χ2n) is 4.93. The Bertz CT molecular complexity index is 775. The van der Waals surface area contributed by atoms with Gasteiger partial charge in [-0.1, -0.05) is 24.3 Å². The molecule has 2 aromatic carbocycles. The van der Waals surface area contributed by atoms with Crippen LogP contribution in [0.1, 0.15) is 20.7 Å². The Morgan fingerprint density at radius 2 is 1.04 bits per heavy atom. The van der Waals surface area contributed by atoms with Crippen LogP contribution in [0.25, 0.3) is 0 Å². The van der Waals surface area contributed by atoms with Crippen molar-refractivity contribution in [3.8, 4) is 0 Å². The molecule has 0 aliphatic rings. The number of esters is 2. The fourth-order valence-corrected chi connectivity index (χ4v) is 2.20. The molecule has 2 aromatic rings. The number of hydrogen-bond acceptors (Lipinski definition) is 7. The molecule has 0 atom stereocenters. The molecule has 0 spiro atoms. The predicted octanol–water partition coefficient (Wildman–Crippen LogP) is 1.91. The normalized spacial score (nSPS) is 9.84. The summed E-state index contributed by atoms with van der Waals surface area (Å²) in [7, 11) is 3.17. The Hall–Kier alpha value is -3.48. The van der Waals surface area contributed by atoms with Gasteiger partial charge in [0.2, 0.25) is 0 Å². The second-order valence-corrected chi connectivity index (χ2v) is 4.93. The minimum Gasteiger partial charge on any atom is -0.388 e. The van der Waals surface area contributed by atoms with Crippen molar-refractivity contribution in [2.45, 2.75) is 0 Å². The summed E-state index contributed by atoms with van der Waals surface area (Å²) in [4.78, 5) is 48.2. The monoisotopic (exact) mass is 340 g/mol. The number of anilines is 2. The van der Waals surface area contributed by atoms with E-state index in [-0.39, 0.29) is 11.1 Å². The second kappa shape index (κ2) is 7.87. The Balaban J connectivity index is 2.16. The van der Waals surface area contributed by atoms with Gasteiger partial charge < -0.3 is 15.4 Å². The van der Waals surface area contributed by atoms with Gasteiger partial charge in [-0.15, -0.1) is 0 Å². The zero-order valence-electron chi connectivity index (χ0n) is 13.7. The van der Waals surface area contributed by atoms with E-state index in [0.29, 0.717) is 11.4 Å². The maximum Gasteiger partial charge on any atom is 0.387 e. The number of ether oxygens (including phenoxy) is 1. The van der Waals surface area contributed by atoms with Crippen LogP contribution in [0, 0.1) is 0 Å². The first kappa shape index (κ1) is 17.9. The molecule has 0 aliphatic carbocycles. The number of benzene rings is 2. The highest BCUT2D eigenvalue weighted by Crippen LogP contribution is 2.17. The van der Waals surface area contributed by atoms with E-state index in [1.54, 1.807) is 50.5 Å². The van der Waals surface area contributed by atoms with E-state index in [2.05, 4.69) is 15.4 Å². The molecule has 0 fully saturated rings. The fraction of sp³-hybridized carbons (Fsp3) is 0.111. The van der Waals surface area contributed by atoms with Crippen LogP contribution in [0.15, 0.2) is 48.5 Å². The molecular weight excluding hydrogens is 324 g/mol. The zero-order valence-corrected chi connectivity index (χ0v) is 13.7. The van der Waals surface area contributed by atoms with Crippen molar-refractivity contribution in [2.75, 3.05) is 24.7 Å². The zero-order chi connectivity index (χ0) is 18.4.